The minimum absolute atomic E-state index is 0.261. The summed E-state index contributed by atoms with van der Waals surface area (Å²) in [5, 5.41) is 0. The van der Waals surface area contributed by atoms with Crippen molar-refractivity contribution in [3.63, 3.8) is 0 Å². The molecule has 2 rings (SSSR count). The molecule has 1 fully saturated rings. The molecule has 1 N–H and O–H groups in total. The molecule has 15 heavy (non-hydrogen) atoms. The summed E-state index contributed by atoms with van der Waals surface area (Å²) in [5.41, 5.74) is 4.44. The molecule has 0 radical (unpaired) electrons. The maximum atomic E-state index is 5.39. The van der Waals surface area contributed by atoms with Gasteiger partial charge in [-0.25, -0.2) is 5.48 Å². The number of hydrogen-bond acceptors (Lipinski definition) is 3. The molecule has 1 aliphatic rings. The molecule has 0 aromatic heterocycles. The normalized spacial score (nSPS) is 18.5. The van der Waals surface area contributed by atoms with Crippen LogP contribution < -0.4 is 5.48 Å². The molecule has 1 saturated heterocycles. The Bertz CT molecular complexity index is 296. The summed E-state index contributed by atoms with van der Waals surface area (Å²) in [6.07, 6.45) is 0. The zero-order valence-corrected chi connectivity index (χ0v) is 9.03. The molecule has 1 aliphatic heterocycles. The van der Waals surface area contributed by atoms with Crippen LogP contribution in [0.4, 0.5) is 0 Å². The quantitative estimate of drug-likeness (QED) is 0.589. The molecule has 1 heterocycles. The number of hydroxylamine groups is 1. The van der Waals surface area contributed by atoms with Crippen molar-refractivity contribution >= 4 is 0 Å². The van der Waals surface area contributed by atoms with Gasteiger partial charge in [0.2, 0.25) is 0 Å². The Labute approximate surface area is 90.3 Å². The predicted molar refractivity (Wildman–Crippen MR) is 58.2 cm³/mol. The van der Waals surface area contributed by atoms with Gasteiger partial charge >= 0.3 is 0 Å². The van der Waals surface area contributed by atoms with Gasteiger partial charge in [-0.2, -0.15) is 0 Å². The topological polar surface area (TPSA) is 30.5 Å². The highest BCUT2D eigenvalue weighted by molar-refractivity contribution is 5.13. The maximum absolute atomic E-state index is 5.39. The van der Waals surface area contributed by atoms with E-state index in [0.717, 1.165) is 19.8 Å². The van der Waals surface area contributed by atoms with Gasteiger partial charge in [0.15, 0.2) is 0 Å². The van der Waals surface area contributed by atoms with Gasteiger partial charge in [0, 0.05) is 12.0 Å². The lowest BCUT2D eigenvalue weighted by Gasteiger charge is -2.37. The van der Waals surface area contributed by atoms with Gasteiger partial charge in [-0.3, -0.25) is 4.84 Å². The average Bonchev–Trinajstić information content (AvgIpc) is 2.23. The van der Waals surface area contributed by atoms with E-state index in [0.29, 0.717) is 6.61 Å². The Hall–Kier alpha value is -0.900. The monoisotopic (exact) mass is 207 g/mol. The summed E-state index contributed by atoms with van der Waals surface area (Å²) in [5.74, 6) is 0. The van der Waals surface area contributed by atoms with Gasteiger partial charge in [0.1, 0.15) is 0 Å². The van der Waals surface area contributed by atoms with E-state index in [1.54, 1.807) is 0 Å². The fourth-order valence-corrected chi connectivity index (χ4v) is 1.49. The maximum Gasteiger partial charge on any atom is 0.0933 e. The molecular formula is C12H17NO2. The average molecular weight is 207 g/mol. The van der Waals surface area contributed by atoms with Crippen LogP contribution in [0.5, 0.6) is 0 Å². The molecule has 1 aromatic carbocycles. The third kappa shape index (κ3) is 3.02. The Morgan fingerprint density at radius 2 is 2.07 bits per heavy atom. The van der Waals surface area contributed by atoms with E-state index in [2.05, 4.69) is 24.5 Å². The summed E-state index contributed by atoms with van der Waals surface area (Å²) in [7, 11) is 0. The van der Waals surface area contributed by atoms with Crippen LogP contribution in [0.1, 0.15) is 12.5 Å². The second-order valence-corrected chi connectivity index (χ2v) is 4.40. The minimum Gasteiger partial charge on any atom is -0.380 e. The molecule has 82 valence electrons. The van der Waals surface area contributed by atoms with E-state index in [9.17, 15) is 0 Å². The first kappa shape index (κ1) is 10.6. The molecular weight excluding hydrogens is 190 g/mol. The van der Waals surface area contributed by atoms with Gasteiger partial charge in [-0.15, -0.1) is 0 Å². The van der Waals surface area contributed by atoms with Crippen molar-refractivity contribution in [1.29, 1.82) is 0 Å². The molecule has 0 saturated carbocycles. The fourth-order valence-electron chi connectivity index (χ4n) is 1.49. The van der Waals surface area contributed by atoms with Gasteiger partial charge in [0.25, 0.3) is 0 Å². The third-order valence-corrected chi connectivity index (χ3v) is 2.58. The number of rotatable bonds is 5. The van der Waals surface area contributed by atoms with Gasteiger partial charge in [-0.1, -0.05) is 37.3 Å². The van der Waals surface area contributed by atoms with Crippen molar-refractivity contribution in [2.75, 3.05) is 19.8 Å². The number of nitrogens with one attached hydrogen (secondary N) is 1. The van der Waals surface area contributed by atoms with Crippen LogP contribution in [0.15, 0.2) is 30.3 Å². The SMILES string of the molecule is CC1(CNOCc2ccccc2)COC1. The number of benzene rings is 1. The van der Waals surface area contributed by atoms with Crippen LogP contribution in [0.25, 0.3) is 0 Å². The highest BCUT2D eigenvalue weighted by atomic mass is 16.6. The number of ether oxygens (including phenoxy) is 1. The van der Waals surface area contributed by atoms with Crippen LogP contribution >= 0.6 is 0 Å². The van der Waals surface area contributed by atoms with Crippen molar-refractivity contribution in [3.05, 3.63) is 35.9 Å². The molecule has 0 unspecified atom stereocenters. The molecule has 3 nitrogen and oxygen atoms in total. The Kier molecular flexibility index (Phi) is 3.36. The van der Waals surface area contributed by atoms with Gasteiger partial charge in [0.05, 0.1) is 19.8 Å². The first-order valence-corrected chi connectivity index (χ1v) is 5.25. The van der Waals surface area contributed by atoms with E-state index in [-0.39, 0.29) is 5.41 Å². The summed E-state index contributed by atoms with van der Waals surface area (Å²) in [6, 6.07) is 10.1. The van der Waals surface area contributed by atoms with Crippen molar-refractivity contribution in [2.24, 2.45) is 5.41 Å². The highest BCUT2D eigenvalue weighted by Gasteiger charge is 2.32. The Morgan fingerprint density at radius 1 is 1.33 bits per heavy atom. The van der Waals surface area contributed by atoms with E-state index in [1.807, 2.05) is 18.2 Å². The van der Waals surface area contributed by atoms with Gasteiger partial charge in [-0.05, 0) is 5.56 Å². The lowest BCUT2D eigenvalue weighted by molar-refractivity contribution is -0.121. The summed E-state index contributed by atoms with van der Waals surface area (Å²) >= 11 is 0. The van der Waals surface area contributed by atoms with Crippen LogP contribution in [0, 0.1) is 5.41 Å². The van der Waals surface area contributed by atoms with E-state index < -0.39 is 0 Å². The first-order valence-electron chi connectivity index (χ1n) is 5.25. The summed E-state index contributed by atoms with van der Waals surface area (Å²) in [4.78, 5) is 5.39. The highest BCUT2D eigenvalue weighted by Crippen LogP contribution is 2.24. The van der Waals surface area contributed by atoms with Crippen molar-refractivity contribution in [1.82, 2.24) is 5.48 Å². The summed E-state index contributed by atoms with van der Waals surface area (Å²) in [6.45, 7) is 5.30. The second kappa shape index (κ2) is 4.75. The zero-order chi connectivity index (χ0) is 10.6. The van der Waals surface area contributed by atoms with Crippen LogP contribution in [-0.4, -0.2) is 19.8 Å². The lowest BCUT2D eigenvalue weighted by Crippen LogP contribution is -2.47. The molecule has 3 heteroatoms. The largest absolute Gasteiger partial charge is 0.380 e. The molecule has 0 spiro atoms. The fraction of sp³-hybridized carbons (Fsp3) is 0.500. The smallest absolute Gasteiger partial charge is 0.0933 e. The van der Waals surface area contributed by atoms with E-state index in [1.165, 1.54) is 5.56 Å². The van der Waals surface area contributed by atoms with E-state index in [4.69, 9.17) is 9.57 Å². The van der Waals surface area contributed by atoms with Gasteiger partial charge < -0.3 is 4.74 Å². The molecule has 0 aliphatic carbocycles. The summed E-state index contributed by atoms with van der Waals surface area (Å²) < 4.78 is 5.16. The molecule has 0 atom stereocenters. The molecule has 1 aromatic rings. The standard InChI is InChI=1S/C12H17NO2/c1-12(9-14-10-12)8-13-15-7-11-5-3-2-4-6-11/h2-6,13H,7-10H2,1H3. The van der Waals surface area contributed by atoms with Crippen LogP contribution in [0.2, 0.25) is 0 Å². The van der Waals surface area contributed by atoms with E-state index >= 15 is 0 Å². The molecule has 0 amide bonds. The zero-order valence-electron chi connectivity index (χ0n) is 9.03. The predicted octanol–water partition coefficient (Wildman–Crippen LogP) is 1.74. The minimum atomic E-state index is 0.261. The lowest BCUT2D eigenvalue weighted by atomic mass is 9.89. The second-order valence-electron chi connectivity index (χ2n) is 4.40. The molecule has 0 bridgehead atoms. The third-order valence-electron chi connectivity index (χ3n) is 2.58. The van der Waals surface area contributed by atoms with Crippen LogP contribution in [0.3, 0.4) is 0 Å². The Balaban J connectivity index is 1.63. The number of hydrogen-bond donors (Lipinski definition) is 1. The van der Waals surface area contributed by atoms with Crippen molar-refractivity contribution < 1.29 is 9.57 Å². The first-order chi connectivity index (χ1) is 7.29. The van der Waals surface area contributed by atoms with Crippen LogP contribution in [-0.2, 0) is 16.2 Å². The Morgan fingerprint density at radius 3 is 2.67 bits per heavy atom. The van der Waals surface area contributed by atoms with Crippen molar-refractivity contribution in [2.45, 2.75) is 13.5 Å². The van der Waals surface area contributed by atoms with Crippen molar-refractivity contribution in [3.8, 4) is 0 Å².